The van der Waals surface area contributed by atoms with Crippen LogP contribution in [0.1, 0.15) is 51.7 Å². The van der Waals surface area contributed by atoms with Crippen LogP contribution in [0.15, 0.2) is 24.3 Å². The van der Waals surface area contributed by atoms with Crippen molar-refractivity contribution in [2.45, 2.75) is 70.7 Å². The smallest absolute Gasteiger partial charge is 0.201 e. The molecule has 1 saturated heterocycles. The monoisotopic (exact) mass is 276 g/mol. The van der Waals surface area contributed by atoms with Crippen LogP contribution in [0.3, 0.4) is 0 Å². The molecule has 1 aromatic rings. The van der Waals surface area contributed by atoms with Gasteiger partial charge in [-0.25, -0.2) is 0 Å². The molecule has 2 atom stereocenters. The molecule has 1 aromatic carbocycles. The van der Waals surface area contributed by atoms with Gasteiger partial charge in [-0.3, -0.25) is 0 Å². The minimum atomic E-state index is -1.61. The van der Waals surface area contributed by atoms with Gasteiger partial charge in [-0.2, -0.15) is 0 Å². The van der Waals surface area contributed by atoms with Crippen molar-refractivity contribution in [3.05, 3.63) is 35.4 Å². The van der Waals surface area contributed by atoms with Crippen LogP contribution in [0.2, 0.25) is 16.6 Å². The molecule has 0 spiro atoms. The third-order valence-corrected chi connectivity index (χ3v) is 11.2. The Kier molecular flexibility index (Phi) is 4.52. The summed E-state index contributed by atoms with van der Waals surface area (Å²) in [6.45, 7) is 12.5. The summed E-state index contributed by atoms with van der Waals surface area (Å²) in [5, 5.41) is 0. The SMILES string of the molecule is Cc1ccc(CO[Si]2(C(C)C)C(C)CCC2C)cc1. The predicted octanol–water partition coefficient (Wildman–Crippen LogP) is 5.44. The van der Waals surface area contributed by atoms with E-state index in [1.54, 1.807) is 0 Å². The minimum absolute atomic E-state index is 0.713. The second-order valence-electron chi connectivity index (χ2n) is 6.66. The van der Waals surface area contributed by atoms with E-state index < -0.39 is 8.32 Å². The first-order valence-electron chi connectivity index (χ1n) is 7.66. The molecule has 1 aliphatic rings. The van der Waals surface area contributed by atoms with Crippen LogP contribution in [-0.2, 0) is 11.0 Å². The van der Waals surface area contributed by atoms with Crippen molar-refractivity contribution >= 4 is 8.32 Å². The molecule has 1 fully saturated rings. The standard InChI is InChI=1S/C17H28OSi/c1-13(2)19(15(4)8-9-16(19)5)18-12-17-10-6-14(3)7-11-17/h6-7,10-11,13,15-16H,8-9,12H2,1-5H3. The number of rotatable bonds is 4. The lowest BCUT2D eigenvalue weighted by atomic mass is 10.2. The minimum Gasteiger partial charge on any atom is -0.412 e. The van der Waals surface area contributed by atoms with Crippen molar-refractivity contribution in [1.29, 1.82) is 0 Å². The zero-order valence-electron chi connectivity index (χ0n) is 13.1. The van der Waals surface area contributed by atoms with E-state index in [-0.39, 0.29) is 0 Å². The van der Waals surface area contributed by atoms with E-state index in [0.717, 1.165) is 17.7 Å². The second-order valence-corrected chi connectivity index (χ2v) is 11.8. The molecule has 106 valence electrons. The van der Waals surface area contributed by atoms with Crippen LogP contribution in [0, 0.1) is 6.92 Å². The lowest BCUT2D eigenvalue weighted by molar-refractivity contribution is 0.271. The summed E-state index contributed by atoms with van der Waals surface area (Å²) in [7, 11) is -1.61. The highest BCUT2D eigenvalue weighted by molar-refractivity contribution is 6.78. The van der Waals surface area contributed by atoms with E-state index >= 15 is 0 Å². The fourth-order valence-electron chi connectivity index (χ4n) is 3.92. The van der Waals surface area contributed by atoms with Crippen molar-refractivity contribution in [2.24, 2.45) is 0 Å². The first-order valence-corrected chi connectivity index (χ1v) is 9.80. The lowest BCUT2D eigenvalue weighted by Crippen LogP contribution is -2.45. The molecular formula is C17H28OSi. The van der Waals surface area contributed by atoms with Crippen LogP contribution in [0.4, 0.5) is 0 Å². The summed E-state index contributed by atoms with van der Waals surface area (Å²) < 4.78 is 6.64. The highest BCUT2D eigenvalue weighted by Crippen LogP contribution is 2.53. The molecule has 0 aromatic heterocycles. The van der Waals surface area contributed by atoms with E-state index in [2.05, 4.69) is 58.9 Å². The molecule has 0 bridgehead atoms. The Labute approximate surface area is 119 Å². The summed E-state index contributed by atoms with van der Waals surface area (Å²) in [6, 6.07) is 8.79. The van der Waals surface area contributed by atoms with Gasteiger partial charge in [0.1, 0.15) is 0 Å². The number of hydrogen-bond donors (Lipinski definition) is 0. The Bertz CT molecular complexity index is 400. The number of benzene rings is 1. The van der Waals surface area contributed by atoms with Crippen molar-refractivity contribution in [3.8, 4) is 0 Å². The summed E-state index contributed by atoms with van der Waals surface area (Å²) in [4.78, 5) is 0. The Morgan fingerprint density at radius 3 is 2.11 bits per heavy atom. The largest absolute Gasteiger partial charge is 0.412 e. The molecule has 2 unspecified atom stereocenters. The predicted molar refractivity (Wildman–Crippen MR) is 84.9 cm³/mol. The molecule has 0 radical (unpaired) electrons. The van der Waals surface area contributed by atoms with E-state index in [1.807, 2.05) is 0 Å². The number of aryl methyl sites for hydroxylation is 1. The first kappa shape index (κ1) is 14.8. The Morgan fingerprint density at radius 1 is 1.11 bits per heavy atom. The van der Waals surface area contributed by atoms with Gasteiger partial charge in [-0.05, 0) is 29.1 Å². The third kappa shape index (κ3) is 2.80. The van der Waals surface area contributed by atoms with Gasteiger partial charge in [-0.1, -0.05) is 70.4 Å². The first-order chi connectivity index (χ1) is 8.96. The van der Waals surface area contributed by atoms with Gasteiger partial charge in [0.25, 0.3) is 0 Å². The quantitative estimate of drug-likeness (QED) is 0.665. The Morgan fingerprint density at radius 2 is 1.63 bits per heavy atom. The highest BCUT2D eigenvalue weighted by Gasteiger charge is 2.52. The zero-order valence-corrected chi connectivity index (χ0v) is 14.1. The molecule has 2 rings (SSSR count). The maximum Gasteiger partial charge on any atom is 0.201 e. The van der Waals surface area contributed by atoms with E-state index in [1.165, 1.54) is 24.0 Å². The second kappa shape index (κ2) is 5.80. The van der Waals surface area contributed by atoms with Gasteiger partial charge in [-0.15, -0.1) is 0 Å². The average Bonchev–Trinajstić information content (AvgIpc) is 2.66. The zero-order chi connectivity index (χ0) is 14.0. The molecule has 1 nitrogen and oxygen atoms in total. The highest BCUT2D eigenvalue weighted by atomic mass is 28.4. The summed E-state index contributed by atoms with van der Waals surface area (Å²) in [6.07, 6.45) is 2.72. The van der Waals surface area contributed by atoms with E-state index in [0.29, 0.717) is 5.54 Å². The van der Waals surface area contributed by atoms with Crippen molar-refractivity contribution in [3.63, 3.8) is 0 Å². The maximum absolute atomic E-state index is 6.64. The van der Waals surface area contributed by atoms with Crippen molar-refractivity contribution in [2.75, 3.05) is 0 Å². The summed E-state index contributed by atoms with van der Waals surface area (Å²) in [5.41, 5.74) is 4.96. The van der Waals surface area contributed by atoms with Crippen molar-refractivity contribution < 1.29 is 4.43 Å². The van der Waals surface area contributed by atoms with Gasteiger partial charge in [0.15, 0.2) is 0 Å². The summed E-state index contributed by atoms with van der Waals surface area (Å²) in [5.74, 6) is 0. The van der Waals surface area contributed by atoms with Crippen LogP contribution in [0.5, 0.6) is 0 Å². The molecule has 2 heteroatoms. The molecule has 0 amide bonds. The number of hydrogen-bond acceptors (Lipinski definition) is 1. The van der Waals surface area contributed by atoms with Crippen molar-refractivity contribution in [1.82, 2.24) is 0 Å². The molecule has 0 N–H and O–H groups in total. The molecule has 19 heavy (non-hydrogen) atoms. The lowest BCUT2D eigenvalue weighted by Gasteiger charge is -2.39. The van der Waals surface area contributed by atoms with Crippen LogP contribution in [-0.4, -0.2) is 8.32 Å². The van der Waals surface area contributed by atoms with Gasteiger partial charge < -0.3 is 4.43 Å². The molecule has 0 aliphatic carbocycles. The van der Waals surface area contributed by atoms with Gasteiger partial charge in [0, 0.05) is 0 Å². The molecule has 1 heterocycles. The van der Waals surface area contributed by atoms with Gasteiger partial charge in [0.2, 0.25) is 8.32 Å². The molecule has 0 saturated carbocycles. The molecule has 1 aliphatic heterocycles. The van der Waals surface area contributed by atoms with E-state index in [9.17, 15) is 0 Å². The van der Waals surface area contributed by atoms with Gasteiger partial charge in [0.05, 0.1) is 6.61 Å². The van der Waals surface area contributed by atoms with Crippen LogP contribution in [0.25, 0.3) is 0 Å². The molecular weight excluding hydrogens is 248 g/mol. The maximum atomic E-state index is 6.64. The summed E-state index contributed by atoms with van der Waals surface area (Å²) >= 11 is 0. The fourth-order valence-corrected chi connectivity index (χ4v) is 9.72. The fraction of sp³-hybridized carbons (Fsp3) is 0.647. The topological polar surface area (TPSA) is 9.23 Å². The van der Waals surface area contributed by atoms with Gasteiger partial charge >= 0.3 is 0 Å². The Balaban J connectivity index is 2.12. The van der Waals surface area contributed by atoms with Crippen LogP contribution >= 0.6 is 0 Å². The average molecular weight is 276 g/mol. The normalized spacial score (nSPS) is 31.1. The van der Waals surface area contributed by atoms with Crippen LogP contribution < -0.4 is 0 Å². The van der Waals surface area contributed by atoms with E-state index in [4.69, 9.17) is 4.43 Å². The Hall–Kier alpha value is -0.603. The third-order valence-electron chi connectivity index (χ3n) is 5.08.